The maximum absolute atomic E-state index is 9.89. The van der Waals surface area contributed by atoms with Crippen molar-refractivity contribution in [1.82, 2.24) is 0 Å². The van der Waals surface area contributed by atoms with E-state index in [1.54, 1.807) is 0 Å². The predicted molar refractivity (Wildman–Crippen MR) is 58.8 cm³/mol. The first-order valence-corrected chi connectivity index (χ1v) is 6.26. The van der Waals surface area contributed by atoms with Crippen molar-refractivity contribution in [2.24, 2.45) is 11.8 Å². The fraction of sp³-hybridized carbons (Fsp3) is 1.00. The fourth-order valence-electron chi connectivity index (χ4n) is 2.53. The second-order valence-electron chi connectivity index (χ2n) is 5.06. The molecule has 0 radical (unpaired) electrons. The average molecular weight is 230 g/mol. The van der Waals surface area contributed by atoms with Crippen molar-refractivity contribution in [1.29, 1.82) is 0 Å². The van der Waals surface area contributed by atoms with E-state index in [1.807, 2.05) is 0 Å². The van der Waals surface area contributed by atoms with Crippen LogP contribution < -0.4 is 0 Å². The lowest BCUT2D eigenvalue weighted by molar-refractivity contribution is -0.307. The Morgan fingerprint density at radius 2 is 2.06 bits per heavy atom. The molecule has 0 amide bonds. The van der Waals surface area contributed by atoms with Crippen LogP contribution in [0.5, 0.6) is 0 Å². The zero-order valence-corrected chi connectivity index (χ0v) is 9.89. The van der Waals surface area contributed by atoms with E-state index in [0.29, 0.717) is 18.9 Å². The van der Waals surface area contributed by atoms with Crippen LogP contribution in [0.25, 0.3) is 0 Å². The summed E-state index contributed by atoms with van der Waals surface area (Å²) in [6, 6.07) is 0. The molecule has 0 aromatic rings. The smallest absolute Gasteiger partial charge is 0.170 e. The van der Waals surface area contributed by atoms with E-state index < -0.39 is 11.9 Å². The highest BCUT2D eigenvalue weighted by molar-refractivity contribution is 4.87. The van der Waals surface area contributed by atoms with E-state index in [1.165, 1.54) is 0 Å². The molecule has 0 bridgehead atoms. The minimum atomic E-state index is -0.573. The van der Waals surface area contributed by atoms with Gasteiger partial charge in [-0.1, -0.05) is 13.3 Å². The summed E-state index contributed by atoms with van der Waals surface area (Å²) in [7, 11) is 0. The highest BCUT2D eigenvalue weighted by atomic mass is 16.7. The highest BCUT2D eigenvalue weighted by Crippen LogP contribution is 2.38. The Balaban J connectivity index is 1.91. The summed E-state index contributed by atoms with van der Waals surface area (Å²) in [5.74, 6) is -0.100. The maximum atomic E-state index is 9.89. The van der Waals surface area contributed by atoms with E-state index in [-0.39, 0.29) is 12.5 Å². The van der Waals surface area contributed by atoms with Gasteiger partial charge in [0.05, 0.1) is 25.9 Å². The van der Waals surface area contributed by atoms with Crippen LogP contribution >= 0.6 is 0 Å². The molecule has 4 nitrogen and oxygen atoms in total. The normalized spacial score (nSPS) is 44.8. The third kappa shape index (κ3) is 2.40. The van der Waals surface area contributed by atoms with E-state index in [2.05, 4.69) is 6.92 Å². The molecule has 2 saturated heterocycles. The number of rotatable bonds is 2. The summed E-state index contributed by atoms with van der Waals surface area (Å²) in [6.45, 7) is 3.28. The van der Waals surface area contributed by atoms with E-state index in [0.717, 1.165) is 25.9 Å². The fourth-order valence-corrected chi connectivity index (χ4v) is 2.53. The summed E-state index contributed by atoms with van der Waals surface area (Å²) in [4.78, 5) is 0. The monoisotopic (exact) mass is 230 g/mol. The van der Waals surface area contributed by atoms with Crippen LogP contribution in [0, 0.1) is 11.8 Å². The van der Waals surface area contributed by atoms with Gasteiger partial charge in [-0.05, 0) is 12.3 Å². The van der Waals surface area contributed by atoms with Gasteiger partial charge in [-0.3, -0.25) is 0 Å². The standard InChI is InChI=1S/C12H22O4/c1-2-9-3-4-12(15-7-9)5-11(14)10(6-13)8-16-12/h9-11,13-14H,2-8H2,1H3/t9-,10+,11+,12+/m0/s1. The lowest BCUT2D eigenvalue weighted by atomic mass is 9.86. The van der Waals surface area contributed by atoms with Gasteiger partial charge in [-0.2, -0.15) is 0 Å². The molecule has 2 aliphatic heterocycles. The summed E-state index contributed by atoms with van der Waals surface area (Å²) in [6.07, 6.45) is 3.09. The molecule has 2 rings (SSSR count). The summed E-state index contributed by atoms with van der Waals surface area (Å²) in [5, 5.41) is 18.9. The molecule has 2 heterocycles. The molecular weight excluding hydrogens is 208 g/mol. The molecule has 2 fully saturated rings. The Labute approximate surface area is 96.6 Å². The van der Waals surface area contributed by atoms with Crippen LogP contribution in [-0.2, 0) is 9.47 Å². The molecule has 94 valence electrons. The van der Waals surface area contributed by atoms with Gasteiger partial charge in [-0.25, -0.2) is 0 Å². The SMILES string of the molecule is CC[C@H]1CC[C@@]2(C[C@@H](O)[C@H](CO)CO2)OC1. The minimum absolute atomic E-state index is 0.0190. The van der Waals surface area contributed by atoms with Crippen LogP contribution in [0.15, 0.2) is 0 Å². The van der Waals surface area contributed by atoms with Crippen molar-refractivity contribution in [3.05, 3.63) is 0 Å². The van der Waals surface area contributed by atoms with Gasteiger partial charge < -0.3 is 19.7 Å². The zero-order valence-electron chi connectivity index (χ0n) is 9.89. The highest BCUT2D eigenvalue weighted by Gasteiger charge is 2.44. The summed E-state index contributed by atoms with van der Waals surface area (Å²) >= 11 is 0. The van der Waals surface area contributed by atoms with Gasteiger partial charge in [-0.15, -0.1) is 0 Å². The molecule has 0 saturated carbocycles. The Morgan fingerprint density at radius 3 is 2.56 bits per heavy atom. The maximum Gasteiger partial charge on any atom is 0.170 e. The average Bonchev–Trinajstić information content (AvgIpc) is 2.30. The lowest BCUT2D eigenvalue weighted by Gasteiger charge is -2.45. The molecule has 0 aliphatic carbocycles. The number of ether oxygens (including phenoxy) is 2. The zero-order chi connectivity index (χ0) is 11.6. The molecule has 4 atom stereocenters. The van der Waals surface area contributed by atoms with Crippen LogP contribution in [0.2, 0.25) is 0 Å². The quantitative estimate of drug-likeness (QED) is 0.740. The third-order valence-corrected chi connectivity index (χ3v) is 3.95. The number of aliphatic hydroxyl groups is 2. The van der Waals surface area contributed by atoms with E-state index in [4.69, 9.17) is 14.6 Å². The van der Waals surface area contributed by atoms with Gasteiger partial charge in [0.2, 0.25) is 0 Å². The molecule has 2 N–H and O–H groups in total. The first kappa shape index (κ1) is 12.3. The van der Waals surface area contributed by atoms with Crippen LogP contribution in [0.1, 0.15) is 32.6 Å². The van der Waals surface area contributed by atoms with Crippen molar-refractivity contribution in [2.45, 2.75) is 44.5 Å². The number of hydrogen-bond acceptors (Lipinski definition) is 4. The minimum Gasteiger partial charge on any atom is -0.396 e. The first-order chi connectivity index (χ1) is 7.69. The predicted octanol–water partition coefficient (Wildman–Crippen LogP) is 0.909. The number of aliphatic hydroxyl groups excluding tert-OH is 2. The van der Waals surface area contributed by atoms with Crippen LogP contribution in [0.4, 0.5) is 0 Å². The third-order valence-electron chi connectivity index (χ3n) is 3.95. The molecule has 2 aliphatic rings. The summed E-state index contributed by atoms with van der Waals surface area (Å²) in [5.41, 5.74) is 0. The second kappa shape index (κ2) is 5.00. The van der Waals surface area contributed by atoms with E-state index >= 15 is 0 Å². The first-order valence-electron chi connectivity index (χ1n) is 6.26. The molecule has 0 aromatic heterocycles. The van der Waals surface area contributed by atoms with Crippen LogP contribution in [-0.4, -0.2) is 41.9 Å². The van der Waals surface area contributed by atoms with Crippen LogP contribution in [0.3, 0.4) is 0 Å². The Morgan fingerprint density at radius 1 is 1.31 bits per heavy atom. The largest absolute Gasteiger partial charge is 0.396 e. The molecule has 0 aromatic carbocycles. The van der Waals surface area contributed by atoms with Gasteiger partial charge in [0.15, 0.2) is 5.79 Å². The van der Waals surface area contributed by atoms with Crippen molar-refractivity contribution >= 4 is 0 Å². The van der Waals surface area contributed by atoms with Gasteiger partial charge in [0.1, 0.15) is 0 Å². The van der Waals surface area contributed by atoms with Crippen molar-refractivity contribution in [3.63, 3.8) is 0 Å². The Kier molecular flexibility index (Phi) is 3.85. The molecule has 1 spiro atoms. The Bertz CT molecular complexity index is 218. The van der Waals surface area contributed by atoms with E-state index in [9.17, 15) is 5.11 Å². The number of hydrogen-bond donors (Lipinski definition) is 2. The molecular formula is C12H22O4. The molecule has 16 heavy (non-hydrogen) atoms. The topological polar surface area (TPSA) is 58.9 Å². The van der Waals surface area contributed by atoms with Gasteiger partial charge in [0, 0.05) is 18.8 Å². The van der Waals surface area contributed by atoms with Crippen molar-refractivity contribution < 1.29 is 19.7 Å². The lowest BCUT2D eigenvalue weighted by Crippen LogP contribution is -2.51. The van der Waals surface area contributed by atoms with Crippen molar-refractivity contribution in [3.8, 4) is 0 Å². The molecule has 4 heteroatoms. The van der Waals surface area contributed by atoms with Gasteiger partial charge >= 0.3 is 0 Å². The van der Waals surface area contributed by atoms with Crippen molar-refractivity contribution in [2.75, 3.05) is 19.8 Å². The second-order valence-corrected chi connectivity index (χ2v) is 5.06. The Hall–Kier alpha value is -0.160. The van der Waals surface area contributed by atoms with Gasteiger partial charge in [0.25, 0.3) is 0 Å². The molecule has 0 unspecified atom stereocenters. The summed E-state index contributed by atoms with van der Waals surface area (Å²) < 4.78 is 11.5.